The molecular weight excluding hydrogens is 377 g/mol. The van der Waals surface area contributed by atoms with E-state index in [1.54, 1.807) is 0 Å². The van der Waals surface area contributed by atoms with Gasteiger partial charge in [-0.05, 0) is 42.5 Å². The van der Waals surface area contributed by atoms with Crippen molar-refractivity contribution in [1.29, 1.82) is 0 Å². The minimum atomic E-state index is -4.59. The highest BCUT2D eigenvalue weighted by Crippen LogP contribution is 2.33. The van der Waals surface area contributed by atoms with Crippen LogP contribution in [-0.2, 0) is 21.0 Å². The van der Waals surface area contributed by atoms with Gasteiger partial charge in [-0.1, -0.05) is 0 Å². The topological polar surface area (TPSA) is 78.9 Å². The van der Waals surface area contributed by atoms with Crippen LogP contribution in [0.15, 0.2) is 47.4 Å². The SMILES string of the molecule is COC(=O)c1ccc(OS(=O)(=O)c2ccc(C(F)(F)F)cc2)c(OC)c1. The Morgan fingerprint density at radius 1 is 0.962 bits per heavy atom. The molecule has 0 aliphatic carbocycles. The number of esters is 1. The molecular formula is C16H13F3O6S. The lowest BCUT2D eigenvalue weighted by molar-refractivity contribution is -0.137. The fourth-order valence-electron chi connectivity index (χ4n) is 1.96. The molecule has 0 heterocycles. The van der Waals surface area contributed by atoms with E-state index in [1.807, 2.05) is 0 Å². The average Bonchev–Trinajstić information content (AvgIpc) is 2.60. The van der Waals surface area contributed by atoms with Crippen LogP contribution in [0.4, 0.5) is 13.2 Å². The summed E-state index contributed by atoms with van der Waals surface area (Å²) in [5.74, 6) is -0.969. The average molecular weight is 390 g/mol. The Morgan fingerprint density at radius 2 is 1.58 bits per heavy atom. The summed E-state index contributed by atoms with van der Waals surface area (Å²) >= 11 is 0. The molecule has 0 N–H and O–H groups in total. The third-order valence-electron chi connectivity index (χ3n) is 3.25. The molecule has 6 nitrogen and oxygen atoms in total. The van der Waals surface area contributed by atoms with Gasteiger partial charge in [0.25, 0.3) is 0 Å². The lowest BCUT2D eigenvalue weighted by Gasteiger charge is -2.12. The van der Waals surface area contributed by atoms with Gasteiger partial charge in [-0.2, -0.15) is 21.6 Å². The van der Waals surface area contributed by atoms with Gasteiger partial charge in [-0.15, -0.1) is 0 Å². The standard InChI is InChI=1S/C16H13F3O6S/c1-23-14-9-10(15(20)24-2)3-8-13(14)25-26(21,22)12-6-4-11(5-7-12)16(17,18)19/h3-9H,1-2H3. The van der Waals surface area contributed by atoms with Gasteiger partial charge < -0.3 is 13.7 Å². The van der Waals surface area contributed by atoms with E-state index in [0.29, 0.717) is 12.1 Å². The van der Waals surface area contributed by atoms with Crippen LogP contribution >= 0.6 is 0 Å². The van der Waals surface area contributed by atoms with Crippen LogP contribution in [0.1, 0.15) is 15.9 Å². The molecule has 140 valence electrons. The van der Waals surface area contributed by atoms with Crippen LogP contribution in [0.25, 0.3) is 0 Å². The van der Waals surface area contributed by atoms with Crippen LogP contribution in [-0.4, -0.2) is 28.6 Å². The zero-order valence-electron chi connectivity index (χ0n) is 13.5. The van der Waals surface area contributed by atoms with Gasteiger partial charge in [0.1, 0.15) is 4.90 Å². The highest BCUT2D eigenvalue weighted by atomic mass is 32.2. The van der Waals surface area contributed by atoms with E-state index in [0.717, 1.165) is 12.1 Å². The molecule has 2 aromatic carbocycles. The van der Waals surface area contributed by atoms with Crippen molar-refractivity contribution < 1.29 is 40.0 Å². The summed E-state index contributed by atoms with van der Waals surface area (Å²) in [5, 5.41) is 0. The summed E-state index contributed by atoms with van der Waals surface area (Å²) in [6.07, 6.45) is -4.59. The molecule has 10 heteroatoms. The van der Waals surface area contributed by atoms with Crippen molar-refractivity contribution in [3.63, 3.8) is 0 Å². The van der Waals surface area contributed by atoms with Gasteiger partial charge in [0.05, 0.1) is 25.3 Å². The highest BCUT2D eigenvalue weighted by molar-refractivity contribution is 7.87. The number of alkyl halides is 3. The van der Waals surface area contributed by atoms with E-state index in [4.69, 9.17) is 8.92 Å². The number of hydrogen-bond donors (Lipinski definition) is 0. The van der Waals surface area contributed by atoms with E-state index in [2.05, 4.69) is 4.74 Å². The van der Waals surface area contributed by atoms with E-state index in [-0.39, 0.29) is 17.1 Å². The molecule has 0 aliphatic heterocycles. The van der Waals surface area contributed by atoms with Gasteiger partial charge in [0.2, 0.25) is 0 Å². The monoisotopic (exact) mass is 390 g/mol. The molecule has 0 saturated carbocycles. The van der Waals surface area contributed by atoms with Crippen molar-refractivity contribution in [2.24, 2.45) is 0 Å². The molecule has 0 aliphatic rings. The Labute approximate surface area is 147 Å². The number of carbonyl (C=O) groups excluding carboxylic acids is 1. The molecule has 2 aromatic rings. The van der Waals surface area contributed by atoms with Crippen molar-refractivity contribution in [3.8, 4) is 11.5 Å². The van der Waals surface area contributed by atoms with Crippen LogP contribution in [0.3, 0.4) is 0 Å². The zero-order chi connectivity index (χ0) is 19.5. The van der Waals surface area contributed by atoms with E-state index in [9.17, 15) is 26.4 Å². The molecule has 0 atom stereocenters. The molecule has 0 aromatic heterocycles. The summed E-state index contributed by atoms with van der Waals surface area (Å²) in [4.78, 5) is 11.0. The number of carbonyl (C=O) groups is 1. The Morgan fingerprint density at radius 3 is 2.08 bits per heavy atom. The maximum absolute atomic E-state index is 12.6. The van der Waals surface area contributed by atoms with E-state index >= 15 is 0 Å². The Bertz CT molecular complexity index is 905. The summed E-state index contributed by atoms with van der Waals surface area (Å²) in [6.45, 7) is 0. The second-order valence-corrected chi connectivity index (χ2v) is 6.46. The van der Waals surface area contributed by atoms with Crippen LogP contribution < -0.4 is 8.92 Å². The number of benzene rings is 2. The minimum Gasteiger partial charge on any atom is -0.493 e. The van der Waals surface area contributed by atoms with Crippen molar-refractivity contribution in [2.75, 3.05) is 14.2 Å². The lowest BCUT2D eigenvalue weighted by Crippen LogP contribution is -2.12. The fourth-order valence-corrected chi connectivity index (χ4v) is 2.90. The predicted molar refractivity (Wildman–Crippen MR) is 83.6 cm³/mol. The summed E-state index contributed by atoms with van der Waals surface area (Å²) in [7, 11) is -2.01. The Kier molecular flexibility index (Phi) is 5.45. The van der Waals surface area contributed by atoms with Crippen molar-refractivity contribution in [3.05, 3.63) is 53.6 Å². The largest absolute Gasteiger partial charge is 0.493 e. The van der Waals surface area contributed by atoms with E-state index in [1.165, 1.54) is 32.4 Å². The number of methoxy groups -OCH3 is 2. The maximum atomic E-state index is 12.6. The Balaban J connectivity index is 2.33. The first-order chi connectivity index (χ1) is 12.1. The second kappa shape index (κ2) is 7.24. The zero-order valence-corrected chi connectivity index (χ0v) is 14.3. The molecule has 0 amide bonds. The molecule has 0 bridgehead atoms. The smallest absolute Gasteiger partial charge is 0.416 e. The van der Waals surface area contributed by atoms with Crippen molar-refractivity contribution in [2.45, 2.75) is 11.1 Å². The minimum absolute atomic E-state index is 0.0663. The number of rotatable bonds is 5. The summed E-state index contributed by atoms with van der Waals surface area (Å²) in [6, 6.07) is 6.48. The van der Waals surface area contributed by atoms with Gasteiger partial charge in [-0.25, -0.2) is 4.79 Å². The first-order valence-corrected chi connectivity index (χ1v) is 8.37. The van der Waals surface area contributed by atoms with Gasteiger partial charge >= 0.3 is 22.3 Å². The van der Waals surface area contributed by atoms with Gasteiger partial charge in [0, 0.05) is 0 Å². The third kappa shape index (κ3) is 4.26. The number of hydrogen-bond acceptors (Lipinski definition) is 6. The second-order valence-electron chi connectivity index (χ2n) is 4.92. The van der Waals surface area contributed by atoms with Crippen molar-refractivity contribution in [1.82, 2.24) is 0 Å². The molecule has 0 radical (unpaired) electrons. The quantitative estimate of drug-likeness (QED) is 0.576. The molecule has 2 rings (SSSR count). The summed E-state index contributed by atoms with van der Waals surface area (Å²) < 4.78 is 76.6. The molecule has 26 heavy (non-hydrogen) atoms. The van der Waals surface area contributed by atoms with Gasteiger partial charge in [0.15, 0.2) is 11.5 Å². The first kappa shape index (κ1) is 19.6. The predicted octanol–water partition coefficient (Wildman–Crippen LogP) is 3.27. The van der Waals surface area contributed by atoms with Crippen LogP contribution in [0.2, 0.25) is 0 Å². The molecule has 0 saturated heterocycles. The van der Waals surface area contributed by atoms with Crippen LogP contribution in [0, 0.1) is 0 Å². The normalized spacial score (nSPS) is 11.7. The molecule has 0 spiro atoms. The van der Waals surface area contributed by atoms with Crippen molar-refractivity contribution >= 4 is 16.1 Å². The Hall–Kier alpha value is -2.75. The maximum Gasteiger partial charge on any atom is 0.416 e. The molecule has 0 fully saturated rings. The molecule has 0 unspecified atom stereocenters. The number of halogens is 3. The van der Waals surface area contributed by atoms with Gasteiger partial charge in [-0.3, -0.25) is 0 Å². The highest BCUT2D eigenvalue weighted by Gasteiger charge is 2.31. The third-order valence-corrected chi connectivity index (χ3v) is 4.50. The summed E-state index contributed by atoms with van der Waals surface area (Å²) in [5.41, 5.74) is -0.889. The first-order valence-electron chi connectivity index (χ1n) is 6.96. The van der Waals surface area contributed by atoms with E-state index < -0.39 is 32.7 Å². The lowest BCUT2D eigenvalue weighted by atomic mass is 10.2. The fraction of sp³-hybridized carbons (Fsp3) is 0.188. The number of ether oxygens (including phenoxy) is 2. The van der Waals surface area contributed by atoms with Crippen LogP contribution in [0.5, 0.6) is 11.5 Å².